The van der Waals surface area contributed by atoms with E-state index in [0.29, 0.717) is 21.4 Å². The van der Waals surface area contributed by atoms with Gasteiger partial charge in [-0.2, -0.15) is 0 Å². The van der Waals surface area contributed by atoms with Crippen molar-refractivity contribution in [1.82, 2.24) is 10.3 Å². The molecule has 3 rings (SSSR count). The van der Waals surface area contributed by atoms with E-state index >= 15 is 0 Å². The highest BCUT2D eigenvalue weighted by Crippen LogP contribution is 2.27. The Morgan fingerprint density at radius 1 is 1.25 bits per heavy atom. The Balaban J connectivity index is 1.59. The summed E-state index contributed by atoms with van der Waals surface area (Å²) in [5.41, 5.74) is 2.00. The fourth-order valence-corrected chi connectivity index (χ4v) is 3.45. The van der Waals surface area contributed by atoms with Crippen LogP contribution in [-0.2, 0) is 11.2 Å². The zero-order chi connectivity index (χ0) is 20.1. The Hall–Kier alpha value is -2.88. The molecule has 0 aliphatic heterocycles. The van der Waals surface area contributed by atoms with Gasteiger partial charge in [0.2, 0.25) is 5.91 Å². The number of hydrogen-bond acceptors (Lipinski definition) is 6. The molecule has 3 aromatic rings. The highest BCUT2D eigenvalue weighted by Gasteiger charge is 2.12. The highest BCUT2D eigenvalue weighted by molar-refractivity contribution is 7.80. The fraction of sp³-hybridized carbons (Fsp3) is 0.0556. The van der Waals surface area contributed by atoms with Gasteiger partial charge in [0.15, 0.2) is 10.2 Å². The molecule has 1 amide bonds. The Morgan fingerprint density at radius 3 is 2.71 bits per heavy atom. The van der Waals surface area contributed by atoms with Crippen molar-refractivity contribution >= 4 is 57.0 Å². The monoisotopic (exact) mass is 432 g/mol. The van der Waals surface area contributed by atoms with Crippen LogP contribution in [0.4, 0.5) is 10.8 Å². The molecule has 10 heteroatoms. The number of carbonyl (C=O) groups excluding carboxylic acids is 1. The number of rotatable bonds is 5. The van der Waals surface area contributed by atoms with Gasteiger partial charge >= 0.3 is 0 Å². The lowest BCUT2D eigenvalue weighted by Crippen LogP contribution is -2.35. The Labute approximate surface area is 174 Å². The molecule has 142 valence electrons. The highest BCUT2D eigenvalue weighted by atomic mass is 35.5. The maximum Gasteiger partial charge on any atom is 0.270 e. The van der Waals surface area contributed by atoms with Crippen LogP contribution in [0, 0.1) is 10.1 Å². The number of nitro groups is 1. The third-order valence-electron chi connectivity index (χ3n) is 3.61. The summed E-state index contributed by atoms with van der Waals surface area (Å²) in [6.07, 6.45) is 0.162. The van der Waals surface area contributed by atoms with Gasteiger partial charge in [0.1, 0.15) is 0 Å². The molecular formula is C18H13ClN4O3S2. The Morgan fingerprint density at radius 2 is 2.00 bits per heavy atom. The number of amides is 1. The van der Waals surface area contributed by atoms with Crippen LogP contribution in [0.15, 0.2) is 53.9 Å². The first-order valence-electron chi connectivity index (χ1n) is 7.96. The number of aromatic nitrogens is 1. The van der Waals surface area contributed by atoms with Gasteiger partial charge in [-0.1, -0.05) is 35.9 Å². The molecule has 0 aliphatic rings. The van der Waals surface area contributed by atoms with Gasteiger partial charge in [0, 0.05) is 28.1 Å². The zero-order valence-corrected chi connectivity index (χ0v) is 16.6. The minimum absolute atomic E-state index is 0.00927. The first-order chi connectivity index (χ1) is 13.4. The molecule has 0 saturated carbocycles. The molecule has 2 aromatic carbocycles. The van der Waals surface area contributed by atoms with Crippen LogP contribution in [0.2, 0.25) is 5.02 Å². The van der Waals surface area contributed by atoms with Gasteiger partial charge in [0.05, 0.1) is 17.0 Å². The maximum atomic E-state index is 12.1. The lowest BCUT2D eigenvalue weighted by Gasteiger charge is -2.07. The van der Waals surface area contributed by atoms with E-state index in [1.807, 2.05) is 0 Å². The minimum atomic E-state index is -0.458. The third-order valence-corrected chi connectivity index (χ3v) is 4.82. The van der Waals surface area contributed by atoms with Crippen LogP contribution in [0.3, 0.4) is 0 Å². The molecule has 0 radical (unpaired) electrons. The number of nitro benzene ring substituents is 1. The lowest BCUT2D eigenvalue weighted by atomic mass is 10.1. The predicted molar refractivity (Wildman–Crippen MR) is 114 cm³/mol. The molecule has 0 unspecified atom stereocenters. The van der Waals surface area contributed by atoms with Crippen molar-refractivity contribution in [1.29, 1.82) is 0 Å². The topological polar surface area (TPSA) is 97.2 Å². The van der Waals surface area contributed by atoms with Gasteiger partial charge in [0.25, 0.3) is 5.69 Å². The standard InChI is InChI=1S/C18H13ClN4O3S2/c19-13-6-4-11(5-7-13)8-16(24)21-17(27)22-18-20-15(10-28-18)12-2-1-3-14(9-12)23(25)26/h1-7,9-10H,8H2,(H2,20,21,22,24,27). The molecule has 0 atom stereocenters. The number of halogens is 1. The molecule has 1 heterocycles. The number of thiocarbonyl (C=S) groups is 1. The molecular weight excluding hydrogens is 420 g/mol. The van der Waals surface area contributed by atoms with Crippen molar-refractivity contribution in [2.45, 2.75) is 6.42 Å². The summed E-state index contributed by atoms with van der Waals surface area (Å²) in [4.78, 5) is 26.9. The van der Waals surface area contributed by atoms with Gasteiger partial charge in [-0.05, 0) is 29.9 Å². The van der Waals surface area contributed by atoms with E-state index in [0.717, 1.165) is 5.56 Å². The summed E-state index contributed by atoms with van der Waals surface area (Å²) >= 11 is 12.2. The number of nitrogens with zero attached hydrogens (tertiary/aromatic N) is 2. The SMILES string of the molecule is O=C(Cc1ccc(Cl)cc1)NC(=S)Nc1nc(-c2cccc([N+](=O)[O-])c2)cs1. The average molecular weight is 433 g/mol. The molecule has 0 fully saturated rings. The van der Waals surface area contributed by atoms with Crippen LogP contribution in [0.25, 0.3) is 11.3 Å². The normalized spacial score (nSPS) is 10.3. The Kier molecular flexibility index (Phi) is 6.30. The molecule has 1 aromatic heterocycles. The lowest BCUT2D eigenvalue weighted by molar-refractivity contribution is -0.384. The second-order valence-electron chi connectivity index (χ2n) is 5.65. The maximum absolute atomic E-state index is 12.1. The summed E-state index contributed by atoms with van der Waals surface area (Å²) < 4.78 is 0. The summed E-state index contributed by atoms with van der Waals surface area (Å²) in [5, 5.41) is 19.3. The van der Waals surface area contributed by atoms with Crippen molar-refractivity contribution < 1.29 is 9.72 Å². The van der Waals surface area contributed by atoms with Gasteiger partial charge in [-0.15, -0.1) is 11.3 Å². The van der Waals surface area contributed by atoms with Crippen molar-refractivity contribution in [3.05, 3.63) is 74.6 Å². The average Bonchev–Trinajstić information content (AvgIpc) is 3.12. The van der Waals surface area contributed by atoms with E-state index in [4.69, 9.17) is 23.8 Å². The minimum Gasteiger partial charge on any atom is -0.308 e. The van der Waals surface area contributed by atoms with E-state index in [1.54, 1.807) is 41.8 Å². The summed E-state index contributed by atoms with van der Waals surface area (Å²) in [6, 6.07) is 13.2. The van der Waals surface area contributed by atoms with Crippen molar-refractivity contribution in [3.63, 3.8) is 0 Å². The quantitative estimate of drug-likeness (QED) is 0.351. The molecule has 7 nitrogen and oxygen atoms in total. The summed E-state index contributed by atoms with van der Waals surface area (Å²) in [5.74, 6) is -0.268. The fourth-order valence-electron chi connectivity index (χ4n) is 2.33. The van der Waals surface area contributed by atoms with Crippen LogP contribution >= 0.6 is 35.2 Å². The largest absolute Gasteiger partial charge is 0.308 e. The van der Waals surface area contributed by atoms with E-state index in [2.05, 4.69) is 15.6 Å². The van der Waals surface area contributed by atoms with Crippen LogP contribution in [0.5, 0.6) is 0 Å². The first kappa shape index (κ1) is 19.9. The zero-order valence-electron chi connectivity index (χ0n) is 14.2. The molecule has 0 saturated heterocycles. The molecule has 0 aliphatic carbocycles. The molecule has 2 N–H and O–H groups in total. The number of nitrogens with one attached hydrogen (secondary N) is 2. The number of anilines is 1. The van der Waals surface area contributed by atoms with Gasteiger partial charge in [-0.3, -0.25) is 14.9 Å². The number of thiazole rings is 1. The van der Waals surface area contributed by atoms with Crippen molar-refractivity contribution in [2.75, 3.05) is 5.32 Å². The predicted octanol–water partition coefficient (Wildman–Crippen LogP) is 4.43. The van der Waals surface area contributed by atoms with Crippen LogP contribution < -0.4 is 10.6 Å². The smallest absolute Gasteiger partial charge is 0.270 e. The number of carbonyl (C=O) groups is 1. The van der Waals surface area contributed by atoms with Gasteiger partial charge < -0.3 is 10.6 Å². The third kappa shape index (κ3) is 5.32. The molecule has 28 heavy (non-hydrogen) atoms. The van der Waals surface area contributed by atoms with Crippen molar-refractivity contribution in [2.24, 2.45) is 0 Å². The van der Waals surface area contributed by atoms with E-state index in [-0.39, 0.29) is 23.1 Å². The Bertz CT molecular complexity index is 1040. The van der Waals surface area contributed by atoms with Crippen molar-refractivity contribution in [3.8, 4) is 11.3 Å². The second kappa shape index (κ2) is 8.87. The molecule has 0 spiro atoms. The number of non-ortho nitro benzene ring substituents is 1. The van der Waals surface area contributed by atoms with E-state index < -0.39 is 4.92 Å². The van der Waals surface area contributed by atoms with Crippen LogP contribution in [-0.4, -0.2) is 20.9 Å². The van der Waals surface area contributed by atoms with Gasteiger partial charge in [-0.25, -0.2) is 4.98 Å². The summed E-state index contributed by atoms with van der Waals surface area (Å²) in [6.45, 7) is 0. The van der Waals surface area contributed by atoms with E-state index in [9.17, 15) is 14.9 Å². The number of hydrogen-bond donors (Lipinski definition) is 2. The van der Waals surface area contributed by atoms with E-state index in [1.165, 1.54) is 23.5 Å². The van der Waals surface area contributed by atoms with Crippen LogP contribution in [0.1, 0.15) is 5.56 Å². The number of benzene rings is 2. The summed E-state index contributed by atoms with van der Waals surface area (Å²) in [7, 11) is 0. The first-order valence-corrected chi connectivity index (χ1v) is 9.63. The molecule has 0 bridgehead atoms. The second-order valence-corrected chi connectivity index (χ2v) is 7.35.